The molecule has 4 nitrogen and oxygen atoms in total. The van der Waals surface area contributed by atoms with Gasteiger partial charge >= 0.3 is 0 Å². The van der Waals surface area contributed by atoms with Crippen LogP contribution < -0.4 is 5.32 Å². The van der Waals surface area contributed by atoms with Crippen LogP contribution >= 0.6 is 0 Å². The molecule has 82 valence electrons. The molecule has 0 spiro atoms. The Kier molecular flexibility index (Phi) is 2.72. The van der Waals surface area contributed by atoms with Crippen LogP contribution in [0.25, 0.3) is 0 Å². The summed E-state index contributed by atoms with van der Waals surface area (Å²) in [5.41, 5.74) is 2.32. The Morgan fingerprint density at radius 3 is 2.88 bits per heavy atom. The molecule has 16 heavy (non-hydrogen) atoms. The molecule has 0 aliphatic rings. The zero-order valence-electron chi connectivity index (χ0n) is 9.27. The number of benzene rings is 1. The Hall–Kier alpha value is -2.10. The van der Waals surface area contributed by atoms with Crippen LogP contribution in [-0.4, -0.2) is 15.5 Å². The van der Waals surface area contributed by atoms with Gasteiger partial charge in [-0.1, -0.05) is 12.1 Å². The van der Waals surface area contributed by atoms with E-state index in [9.17, 15) is 4.79 Å². The first-order valence-electron chi connectivity index (χ1n) is 5.01. The van der Waals surface area contributed by atoms with E-state index < -0.39 is 0 Å². The van der Waals surface area contributed by atoms with Crippen molar-refractivity contribution in [3.8, 4) is 0 Å². The van der Waals surface area contributed by atoms with Crippen molar-refractivity contribution < 1.29 is 4.79 Å². The topological polar surface area (TPSA) is 46.9 Å². The SMILES string of the molecule is Cc1cccc(NC(=O)c2cn(C)cn2)c1. The Bertz CT molecular complexity index is 516. The fraction of sp³-hybridized carbons (Fsp3) is 0.167. The predicted molar refractivity (Wildman–Crippen MR) is 62.3 cm³/mol. The maximum absolute atomic E-state index is 11.8. The number of nitrogens with one attached hydrogen (secondary N) is 1. The highest BCUT2D eigenvalue weighted by Crippen LogP contribution is 2.10. The van der Waals surface area contributed by atoms with E-state index in [2.05, 4.69) is 10.3 Å². The second-order valence-corrected chi connectivity index (χ2v) is 3.75. The minimum atomic E-state index is -0.189. The van der Waals surface area contributed by atoms with Crippen LogP contribution in [0, 0.1) is 6.92 Å². The van der Waals surface area contributed by atoms with Gasteiger partial charge in [-0.3, -0.25) is 4.79 Å². The van der Waals surface area contributed by atoms with Gasteiger partial charge < -0.3 is 9.88 Å². The van der Waals surface area contributed by atoms with Gasteiger partial charge in [0.25, 0.3) is 5.91 Å². The van der Waals surface area contributed by atoms with Crippen molar-refractivity contribution in [3.05, 3.63) is 48.0 Å². The molecule has 2 aromatic rings. The van der Waals surface area contributed by atoms with E-state index in [1.54, 1.807) is 17.1 Å². The maximum atomic E-state index is 11.8. The molecule has 1 heterocycles. The van der Waals surface area contributed by atoms with E-state index in [1.807, 2.05) is 38.2 Å². The summed E-state index contributed by atoms with van der Waals surface area (Å²) < 4.78 is 1.74. The summed E-state index contributed by atoms with van der Waals surface area (Å²) in [6.45, 7) is 1.98. The van der Waals surface area contributed by atoms with Crippen molar-refractivity contribution in [1.82, 2.24) is 9.55 Å². The molecule has 0 bridgehead atoms. The number of rotatable bonds is 2. The van der Waals surface area contributed by atoms with Gasteiger partial charge in [0.2, 0.25) is 0 Å². The Balaban J connectivity index is 2.13. The number of anilines is 1. The van der Waals surface area contributed by atoms with Crippen LogP contribution in [0.4, 0.5) is 5.69 Å². The quantitative estimate of drug-likeness (QED) is 0.832. The summed E-state index contributed by atoms with van der Waals surface area (Å²) in [6, 6.07) is 7.66. The van der Waals surface area contributed by atoms with Crippen LogP contribution in [0.1, 0.15) is 16.1 Å². The molecule has 2 rings (SSSR count). The largest absolute Gasteiger partial charge is 0.340 e. The lowest BCUT2D eigenvalue weighted by molar-refractivity contribution is 0.102. The summed E-state index contributed by atoms with van der Waals surface area (Å²) >= 11 is 0. The molecule has 0 unspecified atom stereocenters. The molecule has 0 aliphatic heterocycles. The first-order chi connectivity index (χ1) is 7.65. The van der Waals surface area contributed by atoms with Crippen LogP contribution in [-0.2, 0) is 7.05 Å². The number of aryl methyl sites for hydroxylation is 2. The van der Waals surface area contributed by atoms with E-state index in [4.69, 9.17) is 0 Å². The van der Waals surface area contributed by atoms with Gasteiger partial charge in [0.1, 0.15) is 5.69 Å². The molecule has 0 radical (unpaired) electrons. The molecular formula is C12H13N3O. The second kappa shape index (κ2) is 4.18. The molecule has 0 fully saturated rings. The molecule has 0 saturated heterocycles. The van der Waals surface area contributed by atoms with Gasteiger partial charge in [-0.2, -0.15) is 0 Å². The lowest BCUT2D eigenvalue weighted by Crippen LogP contribution is -2.12. The van der Waals surface area contributed by atoms with Gasteiger partial charge in [0.05, 0.1) is 6.33 Å². The zero-order valence-corrected chi connectivity index (χ0v) is 9.27. The molecule has 1 amide bonds. The van der Waals surface area contributed by atoms with Gasteiger partial charge in [-0.05, 0) is 24.6 Å². The van der Waals surface area contributed by atoms with Crippen molar-refractivity contribution >= 4 is 11.6 Å². The van der Waals surface area contributed by atoms with Crippen molar-refractivity contribution in [3.63, 3.8) is 0 Å². The summed E-state index contributed by atoms with van der Waals surface area (Å²) in [6.07, 6.45) is 3.29. The molecule has 1 aromatic heterocycles. The number of imidazole rings is 1. The molecule has 0 atom stereocenters. The lowest BCUT2D eigenvalue weighted by Gasteiger charge is -2.03. The number of carbonyl (C=O) groups excluding carboxylic acids is 1. The molecule has 0 saturated carbocycles. The smallest absolute Gasteiger partial charge is 0.275 e. The average Bonchev–Trinajstić information content (AvgIpc) is 2.65. The Labute approximate surface area is 93.9 Å². The summed E-state index contributed by atoms with van der Waals surface area (Å²) in [5, 5.41) is 2.80. The number of hydrogen-bond donors (Lipinski definition) is 1. The Morgan fingerprint density at radius 1 is 1.44 bits per heavy atom. The summed E-state index contributed by atoms with van der Waals surface area (Å²) in [4.78, 5) is 15.7. The van der Waals surface area contributed by atoms with Crippen LogP contribution in [0.5, 0.6) is 0 Å². The van der Waals surface area contributed by atoms with Gasteiger partial charge in [-0.15, -0.1) is 0 Å². The fourth-order valence-electron chi connectivity index (χ4n) is 1.45. The van der Waals surface area contributed by atoms with E-state index in [1.165, 1.54) is 0 Å². The van der Waals surface area contributed by atoms with Crippen molar-refractivity contribution in [2.45, 2.75) is 6.92 Å². The van der Waals surface area contributed by atoms with E-state index in [-0.39, 0.29) is 5.91 Å². The fourth-order valence-corrected chi connectivity index (χ4v) is 1.45. The zero-order chi connectivity index (χ0) is 11.5. The first-order valence-corrected chi connectivity index (χ1v) is 5.01. The minimum Gasteiger partial charge on any atom is -0.340 e. The highest BCUT2D eigenvalue weighted by molar-refractivity contribution is 6.02. The van der Waals surface area contributed by atoms with Crippen LogP contribution in [0.15, 0.2) is 36.8 Å². The number of hydrogen-bond acceptors (Lipinski definition) is 2. The third-order valence-electron chi connectivity index (χ3n) is 2.21. The molecule has 4 heteroatoms. The van der Waals surface area contributed by atoms with Crippen LogP contribution in [0.2, 0.25) is 0 Å². The van der Waals surface area contributed by atoms with E-state index in [0.717, 1.165) is 11.3 Å². The molecule has 0 aliphatic carbocycles. The standard InChI is InChI=1S/C12H13N3O/c1-9-4-3-5-10(6-9)14-12(16)11-7-15(2)8-13-11/h3-8H,1-2H3,(H,14,16). The highest BCUT2D eigenvalue weighted by Gasteiger charge is 2.08. The lowest BCUT2D eigenvalue weighted by atomic mass is 10.2. The first kappa shape index (κ1) is 10.4. The monoisotopic (exact) mass is 215 g/mol. The minimum absolute atomic E-state index is 0.189. The third kappa shape index (κ3) is 2.28. The highest BCUT2D eigenvalue weighted by atomic mass is 16.1. The third-order valence-corrected chi connectivity index (χ3v) is 2.21. The number of nitrogens with zero attached hydrogens (tertiary/aromatic N) is 2. The summed E-state index contributed by atoms with van der Waals surface area (Å²) in [5.74, 6) is -0.189. The van der Waals surface area contributed by atoms with Gasteiger partial charge in [0, 0.05) is 18.9 Å². The Morgan fingerprint density at radius 2 is 2.25 bits per heavy atom. The van der Waals surface area contributed by atoms with Crippen molar-refractivity contribution in [1.29, 1.82) is 0 Å². The molecule has 1 aromatic carbocycles. The van der Waals surface area contributed by atoms with E-state index in [0.29, 0.717) is 5.69 Å². The van der Waals surface area contributed by atoms with Crippen LogP contribution in [0.3, 0.4) is 0 Å². The molecule has 1 N–H and O–H groups in total. The predicted octanol–water partition coefficient (Wildman–Crippen LogP) is 1.98. The normalized spacial score (nSPS) is 10.1. The molecular weight excluding hydrogens is 202 g/mol. The van der Waals surface area contributed by atoms with Gasteiger partial charge in [0.15, 0.2) is 0 Å². The average molecular weight is 215 g/mol. The summed E-state index contributed by atoms with van der Waals surface area (Å²) in [7, 11) is 1.83. The maximum Gasteiger partial charge on any atom is 0.275 e. The second-order valence-electron chi connectivity index (χ2n) is 3.75. The number of aromatic nitrogens is 2. The van der Waals surface area contributed by atoms with Crippen molar-refractivity contribution in [2.24, 2.45) is 7.05 Å². The number of amides is 1. The van der Waals surface area contributed by atoms with E-state index >= 15 is 0 Å². The van der Waals surface area contributed by atoms with Gasteiger partial charge in [-0.25, -0.2) is 4.98 Å². The van der Waals surface area contributed by atoms with Crippen molar-refractivity contribution in [2.75, 3.05) is 5.32 Å². The number of carbonyl (C=O) groups is 1.